The maximum Gasteiger partial charge on any atom is 0.275 e. The van der Waals surface area contributed by atoms with Crippen molar-refractivity contribution in [3.05, 3.63) is 40.5 Å². The number of benzene rings is 1. The van der Waals surface area contributed by atoms with Gasteiger partial charge in [0.2, 0.25) is 6.79 Å². The monoisotopic (exact) mass is 370 g/mol. The van der Waals surface area contributed by atoms with E-state index in [1.54, 1.807) is 6.07 Å². The molecule has 0 bridgehead atoms. The lowest BCUT2D eigenvalue weighted by Gasteiger charge is -2.08. The third kappa shape index (κ3) is 2.71. The fourth-order valence-electron chi connectivity index (χ4n) is 2.88. The minimum atomic E-state index is -0.281. The van der Waals surface area contributed by atoms with Crippen molar-refractivity contribution in [1.29, 1.82) is 0 Å². The Morgan fingerprint density at radius 2 is 2.15 bits per heavy atom. The molecule has 0 saturated heterocycles. The number of nitrogens with zero attached hydrogens (tertiary/aromatic N) is 2. The van der Waals surface area contributed by atoms with E-state index in [1.165, 1.54) is 11.3 Å². The molecule has 0 unspecified atom stereocenters. The van der Waals surface area contributed by atoms with Gasteiger partial charge in [-0.05, 0) is 24.3 Å². The van der Waals surface area contributed by atoms with Crippen LogP contribution in [0.15, 0.2) is 24.3 Å². The average molecular weight is 370 g/mol. The van der Waals surface area contributed by atoms with Crippen LogP contribution >= 0.6 is 11.3 Å². The van der Waals surface area contributed by atoms with Gasteiger partial charge in [0.05, 0.1) is 29.5 Å². The van der Waals surface area contributed by atoms with Gasteiger partial charge in [0.25, 0.3) is 5.91 Å². The van der Waals surface area contributed by atoms with Crippen molar-refractivity contribution in [1.82, 2.24) is 15.2 Å². The maximum absolute atomic E-state index is 12.5. The van der Waals surface area contributed by atoms with Gasteiger partial charge in [0, 0.05) is 12.0 Å². The summed E-state index contributed by atoms with van der Waals surface area (Å²) in [5.41, 5.74) is 2.86. The summed E-state index contributed by atoms with van der Waals surface area (Å²) >= 11 is 1.44. The van der Waals surface area contributed by atoms with Crippen LogP contribution in [0.25, 0.3) is 11.3 Å². The number of hydrogen-bond donors (Lipinski definition) is 2. The van der Waals surface area contributed by atoms with Crippen LogP contribution in [0.1, 0.15) is 21.1 Å². The number of aromatic nitrogens is 3. The van der Waals surface area contributed by atoms with Crippen molar-refractivity contribution < 1.29 is 19.0 Å². The van der Waals surface area contributed by atoms with Gasteiger partial charge in [-0.25, -0.2) is 4.98 Å². The van der Waals surface area contributed by atoms with Crippen LogP contribution in [0.4, 0.5) is 5.13 Å². The van der Waals surface area contributed by atoms with Gasteiger partial charge in [0.15, 0.2) is 16.6 Å². The molecule has 0 radical (unpaired) electrons. The number of amides is 1. The highest BCUT2D eigenvalue weighted by Crippen LogP contribution is 2.35. The van der Waals surface area contributed by atoms with Crippen molar-refractivity contribution in [3.8, 4) is 22.8 Å². The Balaban J connectivity index is 1.34. The standard InChI is InChI=1S/C17H14N4O4S/c22-16(19-17-18-10-3-4-23-7-15(10)26-17)12-6-11(20-21-12)9-1-2-13-14(5-9)25-8-24-13/h1-2,5-6H,3-4,7-8H2,(H,20,21)(H,18,19,22). The molecular weight excluding hydrogens is 356 g/mol. The highest BCUT2D eigenvalue weighted by molar-refractivity contribution is 7.15. The number of ether oxygens (including phenoxy) is 3. The first-order valence-electron chi connectivity index (χ1n) is 8.09. The van der Waals surface area contributed by atoms with E-state index < -0.39 is 0 Å². The van der Waals surface area contributed by atoms with Crippen molar-refractivity contribution in [3.63, 3.8) is 0 Å². The van der Waals surface area contributed by atoms with Gasteiger partial charge in [-0.3, -0.25) is 15.2 Å². The molecule has 8 nitrogen and oxygen atoms in total. The van der Waals surface area contributed by atoms with Gasteiger partial charge in [-0.1, -0.05) is 11.3 Å². The Morgan fingerprint density at radius 3 is 3.08 bits per heavy atom. The minimum absolute atomic E-state index is 0.218. The summed E-state index contributed by atoms with van der Waals surface area (Å²) in [6.45, 7) is 1.45. The second kappa shape index (κ2) is 6.11. The van der Waals surface area contributed by atoms with E-state index in [-0.39, 0.29) is 12.7 Å². The minimum Gasteiger partial charge on any atom is -0.454 e. The summed E-state index contributed by atoms with van der Waals surface area (Å²) in [5, 5.41) is 10.4. The number of anilines is 1. The van der Waals surface area contributed by atoms with Gasteiger partial charge in [-0.2, -0.15) is 5.10 Å². The third-order valence-electron chi connectivity index (χ3n) is 4.21. The molecule has 9 heteroatoms. The number of carbonyl (C=O) groups excluding carboxylic acids is 1. The van der Waals surface area contributed by atoms with Crippen LogP contribution < -0.4 is 14.8 Å². The smallest absolute Gasteiger partial charge is 0.275 e. The Bertz CT molecular complexity index is 973. The molecule has 4 heterocycles. The SMILES string of the molecule is O=C(Nc1nc2c(s1)COCC2)c1cc(-c2ccc3c(c2)OCO3)n[nH]1. The van der Waals surface area contributed by atoms with Crippen molar-refractivity contribution in [2.75, 3.05) is 18.7 Å². The number of hydrogen-bond acceptors (Lipinski definition) is 7. The number of H-pyrrole nitrogens is 1. The summed E-state index contributed by atoms with van der Waals surface area (Å²) in [4.78, 5) is 18.0. The van der Waals surface area contributed by atoms with Gasteiger partial charge in [-0.15, -0.1) is 0 Å². The lowest BCUT2D eigenvalue weighted by Crippen LogP contribution is -2.12. The zero-order valence-corrected chi connectivity index (χ0v) is 14.4. The van der Waals surface area contributed by atoms with E-state index in [0.717, 1.165) is 22.6 Å². The summed E-state index contributed by atoms with van der Waals surface area (Å²) in [6, 6.07) is 7.24. The van der Waals surface area contributed by atoms with Gasteiger partial charge < -0.3 is 14.2 Å². The molecule has 0 saturated carbocycles. The predicted octanol–water partition coefficient (Wildman–Crippen LogP) is 2.59. The molecule has 2 N–H and O–H groups in total. The number of thiazole rings is 1. The molecule has 0 spiro atoms. The highest BCUT2D eigenvalue weighted by Gasteiger charge is 2.19. The zero-order chi connectivity index (χ0) is 17.5. The largest absolute Gasteiger partial charge is 0.454 e. The first kappa shape index (κ1) is 15.4. The maximum atomic E-state index is 12.5. The van der Waals surface area contributed by atoms with Gasteiger partial charge in [0.1, 0.15) is 5.69 Å². The molecule has 5 rings (SSSR count). The van der Waals surface area contributed by atoms with E-state index in [9.17, 15) is 4.79 Å². The van der Waals surface area contributed by atoms with Crippen LogP contribution in [0.2, 0.25) is 0 Å². The number of rotatable bonds is 3. The molecule has 2 aromatic heterocycles. The van der Waals surface area contributed by atoms with E-state index in [0.29, 0.717) is 41.2 Å². The number of fused-ring (bicyclic) bond motifs is 2. The fraction of sp³-hybridized carbons (Fsp3) is 0.235. The molecule has 132 valence electrons. The van der Waals surface area contributed by atoms with Crippen molar-refractivity contribution in [2.45, 2.75) is 13.0 Å². The summed E-state index contributed by atoms with van der Waals surface area (Å²) in [7, 11) is 0. The van der Waals surface area contributed by atoms with Crippen LogP contribution in [0.3, 0.4) is 0 Å². The van der Waals surface area contributed by atoms with Gasteiger partial charge >= 0.3 is 0 Å². The Labute approximate surface area is 152 Å². The lowest BCUT2D eigenvalue weighted by molar-refractivity contribution is 0.102. The Hall–Kier alpha value is -2.91. The molecule has 0 aliphatic carbocycles. The normalized spacial score (nSPS) is 14.9. The molecule has 1 aromatic carbocycles. The molecule has 3 aromatic rings. The number of carbonyl (C=O) groups is 1. The first-order valence-corrected chi connectivity index (χ1v) is 8.91. The topological polar surface area (TPSA) is 98.4 Å². The summed E-state index contributed by atoms with van der Waals surface area (Å²) < 4.78 is 16.1. The molecule has 1 amide bonds. The predicted molar refractivity (Wildman–Crippen MR) is 93.6 cm³/mol. The van der Waals surface area contributed by atoms with Crippen LogP contribution in [0, 0.1) is 0 Å². The zero-order valence-electron chi connectivity index (χ0n) is 13.6. The Kier molecular flexibility index (Phi) is 3.61. The third-order valence-corrected chi connectivity index (χ3v) is 5.19. The quantitative estimate of drug-likeness (QED) is 0.735. The van der Waals surface area contributed by atoms with Crippen LogP contribution in [-0.4, -0.2) is 34.5 Å². The molecular formula is C17H14N4O4S. The van der Waals surface area contributed by atoms with Crippen LogP contribution in [-0.2, 0) is 17.8 Å². The Morgan fingerprint density at radius 1 is 1.23 bits per heavy atom. The first-order chi connectivity index (χ1) is 12.8. The number of nitrogens with one attached hydrogen (secondary N) is 2. The number of aromatic amines is 1. The van der Waals surface area contributed by atoms with Crippen molar-refractivity contribution >= 4 is 22.4 Å². The molecule has 26 heavy (non-hydrogen) atoms. The summed E-state index contributed by atoms with van der Waals surface area (Å²) in [6.07, 6.45) is 0.778. The van der Waals surface area contributed by atoms with E-state index in [1.807, 2.05) is 18.2 Å². The van der Waals surface area contributed by atoms with Crippen LogP contribution in [0.5, 0.6) is 11.5 Å². The molecule has 2 aliphatic rings. The molecule has 2 aliphatic heterocycles. The molecule has 0 fully saturated rings. The summed E-state index contributed by atoms with van der Waals surface area (Å²) in [5.74, 6) is 1.10. The van der Waals surface area contributed by atoms with E-state index in [4.69, 9.17) is 14.2 Å². The van der Waals surface area contributed by atoms with E-state index in [2.05, 4.69) is 20.5 Å². The second-order valence-corrected chi connectivity index (χ2v) is 6.96. The van der Waals surface area contributed by atoms with Crippen molar-refractivity contribution in [2.24, 2.45) is 0 Å². The second-order valence-electron chi connectivity index (χ2n) is 5.88. The highest BCUT2D eigenvalue weighted by atomic mass is 32.1. The van der Waals surface area contributed by atoms with E-state index >= 15 is 0 Å². The molecule has 0 atom stereocenters. The lowest BCUT2D eigenvalue weighted by atomic mass is 10.1. The fourth-order valence-corrected chi connectivity index (χ4v) is 3.83. The average Bonchev–Trinajstić information content (AvgIpc) is 3.38.